The Hall–Kier alpha value is -4.52. The average molecular weight is 498 g/mol. The Bertz CT molecular complexity index is 1460. The summed E-state index contributed by atoms with van der Waals surface area (Å²) in [5, 5.41) is 9.82. The fourth-order valence-corrected chi connectivity index (χ4v) is 3.73. The molecule has 0 aliphatic carbocycles. The number of nitrogens with zero attached hydrogens (tertiary/aromatic N) is 3. The molecule has 1 amide bonds. The molecule has 0 spiro atoms. The standard InChI is InChI=1S/C22H20FN7O4S/c1-2-35(32,33)30-16-8-3-13(11-17(16)34-15-6-4-14(23)5-7-15)20-19(21(24)31)22(29-28-20)27-18-12-25-9-10-26-18/h3-12,30H,2H2,1H3,(H2,24,31)(H2,26,27,28,29). The third-order valence-electron chi connectivity index (χ3n) is 4.77. The summed E-state index contributed by atoms with van der Waals surface area (Å²) in [6.45, 7) is 1.49. The lowest BCUT2D eigenvalue weighted by molar-refractivity contribution is 0.100. The van der Waals surface area contributed by atoms with Crippen molar-refractivity contribution in [1.29, 1.82) is 0 Å². The minimum atomic E-state index is -3.63. The van der Waals surface area contributed by atoms with Crippen LogP contribution in [0.5, 0.6) is 11.5 Å². The summed E-state index contributed by atoms with van der Waals surface area (Å²) in [5.41, 5.74) is 6.41. The van der Waals surface area contributed by atoms with Crippen molar-refractivity contribution in [3.05, 3.63) is 72.4 Å². The highest BCUT2D eigenvalue weighted by molar-refractivity contribution is 7.92. The third kappa shape index (κ3) is 5.52. The molecule has 0 unspecified atom stereocenters. The first kappa shape index (κ1) is 23.6. The highest BCUT2D eigenvalue weighted by Gasteiger charge is 2.22. The molecule has 0 fully saturated rings. The Labute approximate surface area is 199 Å². The van der Waals surface area contributed by atoms with Gasteiger partial charge in [0.1, 0.15) is 34.5 Å². The molecule has 4 rings (SSSR count). The van der Waals surface area contributed by atoms with Crippen LogP contribution in [0.3, 0.4) is 0 Å². The SMILES string of the molecule is CCS(=O)(=O)Nc1ccc(-c2n[nH]c(Nc3cnccn3)c2C(N)=O)cc1Oc1ccc(F)cc1. The lowest BCUT2D eigenvalue weighted by Crippen LogP contribution is -2.15. The van der Waals surface area contributed by atoms with Gasteiger partial charge in [-0.3, -0.25) is 19.6 Å². The van der Waals surface area contributed by atoms with E-state index < -0.39 is 21.7 Å². The van der Waals surface area contributed by atoms with Gasteiger partial charge in [-0.05, 0) is 43.3 Å². The van der Waals surface area contributed by atoms with Crippen LogP contribution in [-0.2, 0) is 10.0 Å². The number of H-pyrrole nitrogens is 1. The number of carbonyl (C=O) groups is 1. The molecule has 35 heavy (non-hydrogen) atoms. The Kier molecular flexibility index (Phi) is 6.59. The van der Waals surface area contributed by atoms with E-state index in [2.05, 4.69) is 30.2 Å². The van der Waals surface area contributed by atoms with Crippen LogP contribution in [0.2, 0.25) is 0 Å². The molecule has 5 N–H and O–H groups in total. The first-order chi connectivity index (χ1) is 16.8. The van der Waals surface area contributed by atoms with E-state index >= 15 is 0 Å². The molecule has 0 aliphatic rings. The van der Waals surface area contributed by atoms with Crippen molar-refractivity contribution in [2.45, 2.75) is 6.92 Å². The fraction of sp³-hybridized carbons (Fsp3) is 0.0909. The number of nitrogens with one attached hydrogen (secondary N) is 3. The monoisotopic (exact) mass is 497 g/mol. The number of primary amides is 1. The number of benzene rings is 2. The van der Waals surface area contributed by atoms with Gasteiger partial charge in [-0.2, -0.15) is 5.10 Å². The highest BCUT2D eigenvalue weighted by atomic mass is 32.2. The molecular weight excluding hydrogens is 477 g/mol. The third-order valence-corrected chi connectivity index (χ3v) is 6.06. The number of amides is 1. The van der Waals surface area contributed by atoms with E-state index in [1.54, 1.807) is 6.07 Å². The van der Waals surface area contributed by atoms with Crippen LogP contribution in [-0.4, -0.2) is 40.2 Å². The number of aromatic amines is 1. The molecule has 11 nitrogen and oxygen atoms in total. The van der Waals surface area contributed by atoms with Crippen molar-refractivity contribution < 1.29 is 22.3 Å². The van der Waals surface area contributed by atoms with E-state index in [-0.39, 0.29) is 40.0 Å². The number of carbonyl (C=O) groups excluding carboxylic acids is 1. The predicted molar refractivity (Wildman–Crippen MR) is 127 cm³/mol. The summed E-state index contributed by atoms with van der Waals surface area (Å²) in [6, 6.07) is 9.72. The maximum atomic E-state index is 13.3. The second kappa shape index (κ2) is 9.77. The molecule has 0 radical (unpaired) electrons. The topological polar surface area (TPSA) is 165 Å². The minimum absolute atomic E-state index is 0.0466. The zero-order valence-electron chi connectivity index (χ0n) is 18.3. The molecule has 2 aromatic carbocycles. The maximum absolute atomic E-state index is 13.3. The van der Waals surface area contributed by atoms with Crippen molar-refractivity contribution in [3.63, 3.8) is 0 Å². The number of ether oxygens (including phenoxy) is 1. The molecule has 13 heteroatoms. The molecule has 0 saturated heterocycles. The molecule has 0 atom stereocenters. The molecule has 2 aromatic heterocycles. The van der Waals surface area contributed by atoms with Crippen LogP contribution in [0.25, 0.3) is 11.3 Å². The number of nitrogens with two attached hydrogens (primary N) is 1. The smallest absolute Gasteiger partial charge is 0.254 e. The van der Waals surface area contributed by atoms with Crippen molar-refractivity contribution in [2.24, 2.45) is 5.73 Å². The quantitative estimate of drug-likeness (QED) is 0.273. The summed E-state index contributed by atoms with van der Waals surface area (Å²) < 4.78 is 46.0. The summed E-state index contributed by atoms with van der Waals surface area (Å²) in [5.74, 6) is -0.455. The normalized spacial score (nSPS) is 11.1. The largest absolute Gasteiger partial charge is 0.455 e. The maximum Gasteiger partial charge on any atom is 0.254 e. The molecule has 0 saturated carbocycles. The Morgan fingerprint density at radius 3 is 2.60 bits per heavy atom. The number of rotatable bonds is 9. The van der Waals surface area contributed by atoms with Crippen molar-refractivity contribution in [2.75, 3.05) is 15.8 Å². The molecule has 4 aromatic rings. The molecule has 2 heterocycles. The Morgan fingerprint density at radius 1 is 1.17 bits per heavy atom. The van der Waals surface area contributed by atoms with E-state index in [1.807, 2.05) is 0 Å². The van der Waals surface area contributed by atoms with Gasteiger partial charge < -0.3 is 15.8 Å². The summed E-state index contributed by atoms with van der Waals surface area (Å²) in [4.78, 5) is 20.3. The van der Waals surface area contributed by atoms with E-state index in [4.69, 9.17) is 10.5 Å². The van der Waals surface area contributed by atoms with Crippen LogP contribution in [0, 0.1) is 5.82 Å². The predicted octanol–water partition coefficient (Wildman–Crippen LogP) is 3.40. The van der Waals surface area contributed by atoms with Crippen LogP contribution in [0.4, 0.5) is 21.7 Å². The Morgan fingerprint density at radius 2 is 1.94 bits per heavy atom. The van der Waals surface area contributed by atoms with Crippen LogP contribution < -0.4 is 20.5 Å². The van der Waals surface area contributed by atoms with Gasteiger partial charge in [0.15, 0.2) is 5.75 Å². The minimum Gasteiger partial charge on any atom is -0.455 e. The lowest BCUT2D eigenvalue weighted by Gasteiger charge is -2.14. The zero-order valence-corrected chi connectivity index (χ0v) is 19.1. The molecule has 0 bridgehead atoms. The van der Waals surface area contributed by atoms with Gasteiger partial charge in [0.05, 0.1) is 17.6 Å². The zero-order chi connectivity index (χ0) is 25.0. The molecule has 0 aliphatic heterocycles. The van der Waals surface area contributed by atoms with Gasteiger partial charge in [-0.1, -0.05) is 6.07 Å². The first-order valence-electron chi connectivity index (χ1n) is 10.3. The van der Waals surface area contributed by atoms with Gasteiger partial charge in [0, 0.05) is 18.0 Å². The molecular formula is C22H20FN7O4S. The Balaban J connectivity index is 1.77. The van der Waals surface area contributed by atoms with Gasteiger partial charge in [-0.15, -0.1) is 0 Å². The van der Waals surface area contributed by atoms with Crippen LogP contribution in [0.1, 0.15) is 17.3 Å². The van der Waals surface area contributed by atoms with Crippen LogP contribution >= 0.6 is 0 Å². The van der Waals surface area contributed by atoms with Crippen molar-refractivity contribution >= 4 is 33.3 Å². The van der Waals surface area contributed by atoms with Gasteiger partial charge in [0.25, 0.3) is 5.91 Å². The van der Waals surface area contributed by atoms with Gasteiger partial charge in [-0.25, -0.2) is 17.8 Å². The molecule has 180 valence electrons. The van der Waals surface area contributed by atoms with Crippen LogP contribution in [0.15, 0.2) is 61.1 Å². The van der Waals surface area contributed by atoms with E-state index in [0.29, 0.717) is 11.4 Å². The summed E-state index contributed by atoms with van der Waals surface area (Å²) >= 11 is 0. The van der Waals surface area contributed by atoms with E-state index in [9.17, 15) is 17.6 Å². The number of anilines is 3. The second-order valence-corrected chi connectivity index (χ2v) is 9.19. The van der Waals surface area contributed by atoms with E-state index in [0.717, 1.165) is 0 Å². The van der Waals surface area contributed by atoms with Crippen molar-refractivity contribution in [1.82, 2.24) is 20.2 Å². The summed E-state index contributed by atoms with van der Waals surface area (Å²) in [7, 11) is -3.63. The van der Waals surface area contributed by atoms with Gasteiger partial charge >= 0.3 is 0 Å². The lowest BCUT2D eigenvalue weighted by atomic mass is 10.1. The summed E-state index contributed by atoms with van der Waals surface area (Å²) in [6.07, 6.45) is 4.42. The van der Waals surface area contributed by atoms with Gasteiger partial charge in [0.2, 0.25) is 10.0 Å². The van der Waals surface area contributed by atoms with Crippen molar-refractivity contribution in [3.8, 4) is 22.8 Å². The fourth-order valence-electron chi connectivity index (χ4n) is 3.08. The van der Waals surface area contributed by atoms with E-state index in [1.165, 1.54) is 61.9 Å². The number of halogens is 1. The highest BCUT2D eigenvalue weighted by Crippen LogP contribution is 2.36. The first-order valence-corrected chi connectivity index (χ1v) is 11.9. The average Bonchev–Trinajstić information content (AvgIpc) is 3.26. The number of aromatic nitrogens is 4. The second-order valence-electron chi connectivity index (χ2n) is 7.17. The number of hydrogen-bond donors (Lipinski definition) is 4. The number of sulfonamides is 1. The number of hydrogen-bond acceptors (Lipinski definition) is 8.